The van der Waals surface area contributed by atoms with Crippen LogP contribution in [0.4, 0.5) is 4.79 Å². The number of rotatable bonds is 4. The van der Waals surface area contributed by atoms with Crippen LogP contribution in [-0.4, -0.2) is 28.1 Å². The third-order valence-electron chi connectivity index (χ3n) is 3.95. The summed E-state index contributed by atoms with van der Waals surface area (Å²) in [6.45, 7) is 1.88. The predicted octanol–water partition coefficient (Wildman–Crippen LogP) is 2.09. The molecular formula is C15H21N3O3. The molecule has 0 bridgehead atoms. The Hall–Kier alpha value is -2.11. The summed E-state index contributed by atoms with van der Waals surface area (Å²) >= 11 is 0. The Morgan fingerprint density at radius 2 is 1.95 bits per heavy atom. The van der Waals surface area contributed by atoms with E-state index in [1.54, 1.807) is 12.4 Å². The minimum atomic E-state index is -0.831. The van der Waals surface area contributed by atoms with Crippen molar-refractivity contribution in [3.8, 4) is 0 Å². The number of pyridine rings is 1. The van der Waals surface area contributed by atoms with Crippen LogP contribution in [0.5, 0.6) is 0 Å². The van der Waals surface area contributed by atoms with Gasteiger partial charge >= 0.3 is 12.0 Å². The molecule has 2 amide bonds. The van der Waals surface area contributed by atoms with Gasteiger partial charge in [-0.3, -0.25) is 9.78 Å². The minimum absolute atomic E-state index is 0.153. The van der Waals surface area contributed by atoms with Crippen molar-refractivity contribution in [3.05, 3.63) is 30.1 Å². The Morgan fingerprint density at radius 1 is 1.29 bits per heavy atom. The summed E-state index contributed by atoms with van der Waals surface area (Å²) in [5.74, 6) is -1.32. The Balaban J connectivity index is 1.90. The number of nitrogens with zero attached hydrogens (tertiary/aromatic N) is 1. The van der Waals surface area contributed by atoms with E-state index in [0.29, 0.717) is 12.8 Å². The first-order valence-electron chi connectivity index (χ1n) is 7.27. The number of urea groups is 1. The lowest BCUT2D eigenvalue weighted by Crippen LogP contribution is -2.49. The highest BCUT2D eigenvalue weighted by atomic mass is 16.4. The molecule has 3 N–H and O–H groups in total. The van der Waals surface area contributed by atoms with Gasteiger partial charge in [-0.05, 0) is 37.5 Å². The molecule has 6 heteroatoms. The van der Waals surface area contributed by atoms with Crippen LogP contribution >= 0.6 is 0 Å². The van der Waals surface area contributed by atoms with Gasteiger partial charge < -0.3 is 15.7 Å². The molecule has 0 aliphatic heterocycles. The van der Waals surface area contributed by atoms with E-state index < -0.39 is 11.9 Å². The van der Waals surface area contributed by atoms with Crippen LogP contribution in [0.2, 0.25) is 0 Å². The van der Waals surface area contributed by atoms with Gasteiger partial charge in [0.25, 0.3) is 0 Å². The fourth-order valence-electron chi connectivity index (χ4n) is 2.74. The summed E-state index contributed by atoms with van der Waals surface area (Å²) in [7, 11) is 0. The Kier molecular flexibility index (Phi) is 5.14. The van der Waals surface area contributed by atoms with Gasteiger partial charge in [-0.25, -0.2) is 4.79 Å². The number of aromatic nitrogens is 1. The van der Waals surface area contributed by atoms with Gasteiger partial charge in [0.15, 0.2) is 0 Å². The number of hydrogen-bond acceptors (Lipinski definition) is 3. The molecule has 2 rings (SSSR count). The lowest BCUT2D eigenvalue weighted by molar-refractivity contribution is -0.143. The first-order valence-corrected chi connectivity index (χ1v) is 7.27. The first-order chi connectivity index (χ1) is 10.1. The molecule has 21 heavy (non-hydrogen) atoms. The number of hydrogen-bond donors (Lipinski definition) is 3. The molecule has 0 aromatic carbocycles. The number of aliphatic carboxylic acids is 1. The molecule has 1 heterocycles. The van der Waals surface area contributed by atoms with Crippen LogP contribution < -0.4 is 10.6 Å². The van der Waals surface area contributed by atoms with E-state index in [1.165, 1.54) is 0 Å². The summed E-state index contributed by atoms with van der Waals surface area (Å²) in [6, 6.07) is 2.91. The normalized spacial score (nSPS) is 23.1. The fraction of sp³-hybridized carbons (Fsp3) is 0.533. The molecule has 1 fully saturated rings. The highest BCUT2D eigenvalue weighted by Crippen LogP contribution is 2.24. The number of carbonyl (C=O) groups is 2. The number of carboxylic acids is 1. The zero-order valence-electron chi connectivity index (χ0n) is 12.1. The molecule has 6 nitrogen and oxygen atoms in total. The SMILES string of the molecule is CC(NC(=O)NC1CCCCC1C(=O)O)c1ccncc1. The minimum Gasteiger partial charge on any atom is -0.481 e. The van der Waals surface area contributed by atoms with Gasteiger partial charge in [0.05, 0.1) is 12.0 Å². The zero-order valence-corrected chi connectivity index (χ0v) is 12.1. The molecular weight excluding hydrogens is 270 g/mol. The molecule has 1 saturated carbocycles. The number of carboxylic acid groups (broad SMARTS) is 1. The molecule has 1 aromatic rings. The molecule has 0 saturated heterocycles. The van der Waals surface area contributed by atoms with Crippen molar-refractivity contribution >= 4 is 12.0 Å². The second-order valence-corrected chi connectivity index (χ2v) is 5.46. The van der Waals surface area contributed by atoms with Crippen molar-refractivity contribution in [2.45, 2.75) is 44.7 Å². The first kappa shape index (κ1) is 15.3. The maximum atomic E-state index is 12.0. The van der Waals surface area contributed by atoms with Crippen LogP contribution in [-0.2, 0) is 4.79 Å². The molecule has 1 aliphatic carbocycles. The van der Waals surface area contributed by atoms with Gasteiger partial charge in [-0.1, -0.05) is 12.8 Å². The summed E-state index contributed by atoms with van der Waals surface area (Å²) in [5.41, 5.74) is 0.957. The van der Waals surface area contributed by atoms with Gasteiger partial charge in [-0.2, -0.15) is 0 Å². The molecule has 1 aliphatic rings. The van der Waals surface area contributed by atoms with E-state index in [1.807, 2.05) is 19.1 Å². The van der Waals surface area contributed by atoms with Crippen molar-refractivity contribution in [2.75, 3.05) is 0 Å². The highest BCUT2D eigenvalue weighted by molar-refractivity contribution is 5.77. The van der Waals surface area contributed by atoms with Gasteiger partial charge in [-0.15, -0.1) is 0 Å². The molecule has 0 spiro atoms. The third kappa shape index (κ3) is 4.18. The Labute approximate surface area is 124 Å². The highest BCUT2D eigenvalue weighted by Gasteiger charge is 2.31. The van der Waals surface area contributed by atoms with Crippen molar-refractivity contribution in [3.63, 3.8) is 0 Å². The van der Waals surface area contributed by atoms with Crippen LogP contribution in [0.3, 0.4) is 0 Å². The average molecular weight is 291 g/mol. The monoisotopic (exact) mass is 291 g/mol. The number of carbonyl (C=O) groups excluding carboxylic acids is 1. The lowest BCUT2D eigenvalue weighted by Gasteiger charge is -2.29. The summed E-state index contributed by atoms with van der Waals surface area (Å²) in [6.07, 6.45) is 6.55. The van der Waals surface area contributed by atoms with E-state index in [4.69, 9.17) is 0 Å². The largest absolute Gasteiger partial charge is 0.481 e. The quantitative estimate of drug-likeness (QED) is 0.792. The van der Waals surface area contributed by atoms with Crippen LogP contribution in [0, 0.1) is 5.92 Å². The average Bonchev–Trinajstić information content (AvgIpc) is 2.48. The zero-order chi connectivity index (χ0) is 15.2. The Bertz CT molecular complexity index is 492. The molecule has 1 aromatic heterocycles. The number of nitrogens with one attached hydrogen (secondary N) is 2. The Morgan fingerprint density at radius 3 is 2.62 bits per heavy atom. The lowest BCUT2D eigenvalue weighted by atomic mass is 9.84. The predicted molar refractivity (Wildman–Crippen MR) is 77.7 cm³/mol. The van der Waals surface area contributed by atoms with Crippen molar-refractivity contribution in [1.29, 1.82) is 0 Å². The topological polar surface area (TPSA) is 91.3 Å². The van der Waals surface area contributed by atoms with Crippen LogP contribution in [0.25, 0.3) is 0 Å². The third-order valence-corrected chi connectivity index (χ3v) is 3.95. The second kappa shape index (κ2) is 7.06. The summed E-state index contributed by atoms with van der Waals surface area (Å²) in [5, 5.41) is 14.8. The van der Waals surface area contributed by atoms with E-state index in [9.17, 15) is 14.7 Å². The van der Waals surface area contributed by atoms with Gasteiger partial charge in [0, 0.05) is 18.4 Å². The molecule has 3 atom stereocenters. The standard InChI is InChI=1S/C15H21N3O3/c1-10(11-6-8-16-9-7-11)17-15(21)18-13-5-3-2-4-12(13)14(19)20/h6-10,12-13H,2-5H2,1H3,(H,19,20)(H2,17,18,21). The van der Waals surface area contributed by atoms with E-state index in [-0.39, 0.29) is 18.1 Å². The van der Waals surface area contributed by atoms with Gasteiger partial charge in [0.1, 0.15) is 0 Å². The van der Waals surface area contributed by atoms with E-state index >= 15 is 0 Å². The van der Waals surface area contributed by atoms with Crippen LogP contribution in [0.1, 0.15) is 44.2 Å². The van der Waals surface area contributed by atoms with Crippen molar-refractivity contribution < 1.29 is 14.7 Å². The fourth-order valence-corrected chi connectivity index (χ4v) is 2.74. The molecule has 3 unspecified atom stereocenters. The maximum absolute atomic E-state index is 12.0. The van der Waals surface area contributed by atoms with E-state index in [2.05, 4.69) is 15.6 Å². The number of amides is 2. The summed E-state index contributed by atoms with van der Waals surface area (Å²) in [4.78, 5) is 27.2. The van der Waals surface area contributed by atoms with Crippen molar-refractivity contribution in [2.24, 2.45) is 5.92 Å². The molecule has 0 radical (unpaired) electrons. The van der Waals surface area contributed by atoms with Gasteiger partial charge in [0.2, 0.25) is 0 Å². The second-order valence-electron chi connectivity index (χ2n) is 5.46. The summed E-state index contributed by atoms with van der Waals surface area (Å²) < 4.78 is 0. The van der Waals surface area contributed by atoms with Crippen molar-refractivity contribution in [1.82, 2.24) is 15.6 Å². The maximum Gasteiger partial charge on any atom is 0.315 e. The smallest absolute Gasteiger partial charge is 0.315 e. The molecule has 114 valence electrons. The van der Waals surface area contributed by atoms with E-state index in [0.717, 1.165) is 18.4 Å². The van der Waals surface area contributed by atoms with Crippen LogP contribution in [0.15, 0.2) is 24.5 Å².